The minimum Gasteiger partial charge on any atom is -0.465 e. The average molecular weight is 218 g/mol. The van der Waals surface area contributed by atoms with Crippen LogP contribution in [0.5, 0.6) is 0 Å². The van der Waals surface area contributed by atoms with Gasteiger partial charge in [-0.1, -0.05) is 13.8 Å². The Morgan fingerprint density at radius 2 is 1.67 bits per heavy atom. The number of hydrogen-bond donors (Lipinski definition) is 0. The largest absolute Gasteiger partial charge is 0.508 e. The molecular weight excluding hydrogens is 200 g/mol. The molecule has 0 rings (SSSR count). The quantitative estimate of drug-likeness (QED) is 0.635. The molecule has 0 amide bonds. The first-order valence-corrected chi connectivity index (χ1v) is 5.05. The van der Waals surface area contributed by atoms with Crippen LogP contribution in [0.15, 0.2) is 0 Å². The first kappa shape index (κ1) is 13.7. The Morgan fingerprint density at radius 3 is 2.20 bits per heavy atom. The summed E-state index contributed by atoms with van der Waals surface area (Å²) in [5.41, 5.74) is 0. The number of rotatable bonds is 6. The predicted octanol–water partition coefficient (Wildman–Crippen LogP) is 1.75. The normalized spacial score (nSPS) is 11.7. The molecule has 0 N–H and O–H groups in total. The fourth-order valence-corrected chi connectivity index (χ4v) is 0.755. The summed E-state index contributed by atoms with van der Waals surface area (Å²) in [7, 11) is 0. The maximum Gasteiger partial charge on any atom is 0.508 e. The van der Waals surface area contributed by atoms with E-state index in [9.17, 15) is 9.59 Å². The lowest BCUT2D eigenvalue weighted by Gasteiger charge is -2.11. The van der Waals surface area contributed by atoms with Crippen LogP contribution >= 0.6 is 0 Å². The van der Waals surface area contributed by atoms with Gasteiger partial charge in [-0.15, -0.1) is 0 Å². The monoisotopic (exact) mass is 218 g/mol. The van der Waals surface area contributed by atoms with Crippen molar-refractivity contribution in [3.63, 3.8) is 0 Å². The Hall–Kier alpha value is -1.26. The highest BCUT2D eigenvalue weighted by molar-refractivity contribution is 5.68. The van der Waals surface area contributed by atoms with Gasteiger partial charge in [-0.25, -0.2) is 4.79 Å². The Morgan fingerprint density at radius 1 is 1.07 bits per heavy atom. The Balaban J connectivity index is 3.52. The summed E-state index contributed by atoms with van der Waals surface area (Å²) < 4.78 is 14.2. The van der Waals surface area contributed by atoms with Crippen molar-refractivity contribution < 1.29 is 23.8 Å². The van der Waals surface area contributed by atoms with E-state index in [0.29, 0.717) is 6.42 Å². The van der Waals surface area contributed by atoms with E-state index >= 15 is 0 Å². The summed E-state index contributed by atoms with van der Waals surface area (Å²) in [6.07, 6.45) is -0.336. The van der Waals surface area contributed by atoms with Crippen LogP contribution in [0.25, 0.3) is 0 Å². The molecule has 0 aliphatic heterocycles. The van der Waals surface area contributed by atoms with E-state index in [4.69, 9.17) is 9.47 Å². The molecular formula is C10H18O5. The van der Waals surface area contributed by atoms with Gasteiger partial charge in [0.2, 0.25) is 0 Å². The second-order valence-electron chi connectivity index (χ2n) is 3.14. The van der Waals surface area contributed by atoms with Crippen molar-refractivity contribution in [3.05, 3.63) is 0 Å². The van der Waals surface area contributed by atoms with Crippen LogP contribution in [-0.2, 0) is 19.0 Å². The molecule has 15 heavy (non-hydrogen) atoms. The van der Waals surface area contributed by atoms with Crippen molar-refractivity contribution in [2.24, 2.45) is 5.92 Å². The molecule has 0 aliphatic carbocycles. The minimum atomic E-state index is -0.689. The van der Waals surface area contributed by atoms with Crippen LogP contribution in [0.3, 0.4) is 0 Å². The second-order valence-corrected chi connectivity index (χ2v) is 3.14. The highest BCUT2D eigenvalue weighted by atomic mass is 16.7. The van der Waals surface area contributed by atoms with Gasteiger partial charge in [0.1, 0.15) is 6.61 Å². The molecule has 0 aromatic carbocycles. The van der Waals surface area contributed by atoms with E-state index in [1.807, 2.05) is 6.92 Å². The van der Waals surface area contributed by atoms with Crippen LogP contribution in [0.4, 0.5) is 4.79 Å². The third-order valence-corrected chi connectivity index (χ3v) is 1.57. The average Bonchev–Trinajstić information content (AvgIpc) is 2.23. The summed E-state index contributed by atoms with van der Waals surface area (Å²) in [5, 5.41) is 0. The Kier molecular flexibility index (Phi) is 7.40. The summed E-state index contributed by atoms with van der Waals surface area (Å²) in [4.78, 5) is 21.6. The van der Waals surface area contributed by atoms with Gasteiger partial charge in [0.05, 0.1) is 13.2 Å². The Bertz CT molecular complexity index is 202. The van der Waals surface area contributed by atoms with Crippen LogP contribution in [0.2, 0.25) is 0 Å². The van der Waals surface area contributed by atoms with Crippen LogP contribution in [-0.4, -0.2) is 31.9 Å². The number of carbonyl (C=O) groups is 2. The van der Waals surface area contributed by atoms with Crippen LogP contribution in [0.1, 0.15) is 27.2 Å². The van der Waals surface area contributed by atoms with Crippen molar-refractivity contribution >= 4 is 12.1 Å². The van der Waals surface area contributed by atoms with Gasteiger partial charge in [-0.2, -0.15) is 0 Å². The summed E-state index contributed by atoms with van der Waals surface area (Å²) in [6.45, 7) is 5.98. The van der Waals surface area contributed by atoms with Gasteiger partial charge in [-0.3, -0.25) is 4.79 Å². The minimum absolute atomic E-state index is 0.0232. The summed E-state index contributed by atoms with van der Waals surface area (Å²) >= 11 is 0. The fourth-order valence-electron chi connectivity index (χ4n) is 0.755. The van der Waals surface area contributed by atoms with Crippen molar-refractivity contribution in [2.45, 2.75) is 27.2 Å². The van der Waals surface area contributed by atoms with Crippen molar-refractivity contribution in [1.29, 1.82) is 0 Å². The topological polar surface area (TPSA) is 61.8 Å². The maximum absolute atomic E-state index is 10.8. The molecule has 0 saturated heterocycles. The van der Waals surface area contributed by atoms with Crippen LogP contribution in [0, 0.1) is 5.92 Å². The highest BCUT2D eigenvalue weighted by Crippen LogP contribution is 1.99. The zero-order valence-corrected chi connectivity index (χ0v) is 9.45. The molecule has 1 atom stereocenters. The van der Waals surface area contributed by atoms with E-state index < -0.39 is 6.16 Å². The number of ether oxygens (including phenoxy) is 3. The molecule has 0 heterocycles. The van der Waals surface area contributed by atoms with Gasteiger partial charge < -0.3 is 14.2 Å². The van der Waals surface area contributed by atoms with Crippen molar-refractivity contribution in [1.82, 2.24) is 0 Å². The van der Waals surface area contributed by atoms with Gasteiger partial charge in [0, 0.05) is 12.3 Å². The smallest absolute Gasteiger partial charge is 0.465 e. The zero-order chi connectivity index (χ0) is 11.7. The van der Waals surface area contributed by atoms with Crippen molar-refractivity contribution in [2.75, 3.05) is 19.8 Å². The molecule has 88 valence electrons. The van der Waals surface area contributed by atoms with Gasteiger partial charge in [0.15, 0.2) is 0 Å². The zero-order valence-electron chi connectivity index (χ0n) is 9.45. The molecule has 0 aliphatic rings. The number of esters is 1. The number of hydrogen-bond acceptors (Lipinski definition) is 5. The van der Waals surface area contributed by atoms with E-state index in [0.717, 1.165) is 0 Å². The molecule has 0 aromatic heterocycles. The fraction of sp³-hybridized carbons (Fsp3) is 0.800. The summed E-state index contributed by atoms with van der Waals surface area (Å²) in [6, 6.07) is 0. The summed E-state index contributed by atoms with van der Waals surface area (Å²) in [5.74, 6) is -0.275. The standard InChI is InChI=1S/C10H18O5/c1-4-9(11)14-6-8(3)7-15-10(12)13-5-2/h8H,4-7H2,1-3H3. The van der Waals surface area contributed by atoms with Gasteiger partial charge in [-0.05, 0) is 6.92 Å². The Labute approximate surface area is 89.7 Å². The molecule has 0 radical (unpaired) electrons. The van der Waals surface area contributed by atoms with E-state index in [1.165, 1.54) is 0 Å². The maximum atomic E-state index is 10.8. The molecule has 1 unspecified atom stereocenters. The molecule has 5 nitrogen and oxygen atoms in total. The van der Waals surface area contributed by atoms with E-state index in [2.05, 4.69) is 4.74 Å². The molecule has 0 fully saturated rings. The molecule has 5 heteroatoms. The first-order valence-electron chi connectivity index (χ1n) is 5.05. The molecule has 0 aromatic rings. The SMILES string of the molecule is CCOC(=O)OCC(C)COC(=O)CC. The second kappa shape index (κ2) is 8.08. The lowest BCUT2D eigenvalue weighted by atomic mass is 10.2. The molecule has 0 spiro atoms. The third kappa shape index (κ3) is 7.78. The van der Waals surface area contributed by atoms with Gasteiger partial charge >= 0.3 is 12.1 Å². The molecule has 0 bridgehead atoms. The van der Waals surface area contributed by atoms with E-state index in [1.54, 1.807) is 13.8 Å². The lowest BCUT2D eigenvalue weighted by Crippen LogP contribution is -2.18. The molecule has 0 saturated carbocycles. The van der Waals surface area contributed by atoms with Crippen molar-refractivity contribution in [3.8, 4) is 0 Å². The lowest BCUT2D eigenvalue weighted by molar-refractivity contribution is -0.144. The number of carbonyl (C=O) groups excluding carboxylic acids is 2. The van der Waals surface area contributed by atoms with Gasteiger partial charge in [0.25, 0.3) is 0 Å². The first-order chi connectivity index (χ1) is 7.10. The predicted molar refractivity (Wildman–Crippen MR) is 53.4 cm³/mol. The van der Waals surface area contributed by atoms with Crippen LogP contribution < -0.4 is 0 Å². The highest BCUT2D eigenvalue weighted by Gasteiger charge is 2.09. The third-order valence-electron chi connectivity index (χ3n) is 1.57. The van der Waals surface area contributed by atoms with E-state index in [-0.39, 0.29) is 31.7 Å².